The van der Waals surface area contributed by atoms with E-state index >= 15 is 0 Å². The summed E-state index contributed by atoms with van der Waals surface area (Å²) in [5.41, 5.74) is -0.842. The van der Waals surface area contributed by atoms with Crippen LogP contribution in [0.2, 0.25) is 0 Å². The molecule has 4 aliphatic carbocycles. The van der Waals surface area contributed by atoms with Gasteiger partial charge in [-0.3, -0.25) is 4.55 Å². The number of ether oxygens (including phenoxy) is 2. The van der Waals surface area contributed by atoms with Gasteiger partial charge in [-0.15, -0.1) is 0 Å². The van der Waals surface area contributed by atoms with E-state index < -0.39 is 71.4 Å². The van der Waals surface area contributed by atoms with Crippen molar-refractivity contribution in [3.05, 3.63) is 0 Å². The van der Waals surface area contributed by atoms with E-state index in [0.29, 0.717) is 38.0 Å². The second-order valence-electron chi connectivity index (χ2n) is 16.1. The van der Waals surface area contributed by atoms with E-state index in [-0.39, 0.29) is 47.5 Å². The highest BCUT2D eigenvalue weighted by Gasteiger charge is 2.66. The van der Waals surface area contributed by atoms with Gasteiger partial charge in [0.15, 0.2) is 6.29 Å². The number of fused-ring (bicyclic) bond motifs is 5. The van der Waals surface area contributed by atoms with Crippen LogP contribution in [0, 0.1) is 52.3 Å². The Morgan fingerprint density at radius 1 is 0.891 bits per heavy atom. The van der Waals surface area contributed by atoms with E-state index in [4.69, 9.17) is 13.7 Å². The Balaban J connectivity index is 1.48. The van der Waals surface area contributed by atoms with Gasteiger partial charge < -0.3 is 40.1 Å². The minimum Gasteiger partial charge on any atom is -0.396 e. The van der Waals surface area contributed by atoms with Crippen LogP contribution < -0.4 is 0 Å². The van der Waals surface area contributed by atoms with Crippen molar-refractivity contribution in [2.75, 3.05) is 13.2 Å². The van der Waals surface area contributed by atoms with Gasteiger partial charge in [0, 0.05) is 12.0 Å². The van der Waals surface area contributed by atoms with Crippen molar-refractivity contribution in [2.24, 2.45) is 52.3 Å². The molecule has 5 fully saturated rings. The molecule has 1 saturated heterocycles. The Morgan fingerprint density at radius 3 is 2.24 bits per heavy atom. The normalized spacial score (nSPS) is 48.5. The molecule has 7 N–H and O–H groups in total. The number of aliphatic hydroxyl groups is 6. The molecule has 46 heavy (non-hydrogen) atoms. The summed E-state index contributed by atoms with van der Waals surface area (Å²) in [6.45, 7) is 8.24. The van der Waals surface area contributed by atoms with Crippen molar-refractivity contribution in [1.29, 1.82) is 0 Å². The first-order valence-corrected chi connectivity index (χ1v) is 18.8. The van der Waals surface area contributed by atoms with Crippen molar-refractivity contribution >= 4 is 10.4 Å². The molecule has 0 spiro atoms. The van der Waals surface area contributed by atoms with Crippen LogP contribution in [0.3, 0.4) is 0 Å². The number of rotatable bonds is 11. The molecule has 10 unspecified atom stereocenters. The number of hydrogen-bond donors (Lipinski definition) is 7. The van der Waals surface area contributed by atoms with Gasteiger partial charge >= 0.3 is 10.4 Å². The fourth-order valence-electron chi connectivity index (χ4n) is 11.0. The summed E-state index contributed by atoms with van der Waals surface area (Å²) in [5, 5.41) is 64.2. The smallest absolute Gasteiger partial charge is 0.396 e. The second kappa shape index (κ2) is 14.0. The molecule has 4 saturated carbocycles. The maximum atomic E-state index is 11.6. The molecule has 5 aliphatic rings. The average molecular weight is 679 g/mol. The molecule has 268 valence electrons. The minimum absolute atomic E-state index is 0.0380. The van der Waals surface area contributed by atoms with Gasteiger partial charge in [-0.05, 0) is 98.2 Å². The van der Waals surface area contributed by atoms with Gasteiger partial charge in [-0.1, -0.05) is 40.5 Å². The first kappa shape index (κ1) is 36.8. The Morgan fingerprint density at radius 2 is 1.61 bits per heavy atom. The summed E-state index contributed by atoms with van der Waals surface area (Å²) in [7, 11) is -4.63. The van der Waals surface area contributed by atoms with E-state index in [1.165, 1.54) is 0 Å². The first-order chi connectivity index (χ1) is 21.5. The Hall–Kier alpha value is -0.450. The third-order valence-corrected chi connectivity index (χ3v) is 13.9. The van der Waals surface area contributed by atoms with Crippen molar-refractivity contribution in [1.82, 2.24) is 0 Å². The van der Waals surface area contributed by atoms with Crippen LogP contribution >= 0.6 is 0 Å². The van der Waals surface area contributed by atoms with Crippen molar-refractivity contribution in [3.63, 3.8) is 0 Å². The molecule has 1 aliphatic heterocycles. The van der Waals surface area contributed by atoms with Crippen LogP contribution in [0.1, 0.15) is 91.9 Å². The maximum absolute atomic E-state index is 11.6. The lowest BCUT2D eigenvalue weighted by atomic mass is 9.43. The highest BCUT2D eigenvalue weighted by molar-refractivity contribution is 7.80. The molecule has 5 rings (SSSR count). The predicted molar refractivity (Wildman–Crippen MR) is 166 cm³/mol. The van der Waals surface area contributed by atoms with Crippen LogP contribution in [0.25, 0.3) is 0 Å². The van der Waals surface area contributed by atoms with Crippen LogP contribution in [-0.4, -0.2) is 106 Å². The molecule has 16 atom stereocenters. The predicted octanol–water partition coefficient (Wildman–Crippen LogP) is 2.03. The first-order valence-electron chi connectivity index (χ1n) is 17.5. The topological polar surface area (TPSA) is 203 Å². The van der Waals surface area contributed by atoms with E-state index in [1.54, 1.807) is 0 Å². The maximum Gasteiger partial charge on any atom is 0.397 e. The molecule has 12 nitrogen and oxygen atoms in total. The van der Waals surface area contributed by atoms with E-state index in [0.717, 1.165) is 32.1 Å². The summed E-state index contributed by atoms with van der Waals surface area (Å²) in [4.78, 5) is 0. The fraction of sp³-hybridized carbons (Fsp3) is 1.00. The zero-order valence-corrected chi connectivity index (χ0v) is 28.5. The van der Waals surface area contributed by atoms with Crippen molar-refractivity contribution < 1.29 is 57.3 Å². The monoisotopic (exact) mass is 678 g/mol. The standard InChI is InChI=1S/C33H58O12S/c1-17(2)6-5-7-18(15-34)21-8-9-22-20-13-25(36)24-12-19(45-46(40,41)42)10-11-32(24,3)23(20)14-27(33(21,22)4)44-31-30(39)29(38)28(37)26(16-35)43-31/h17-31,34-39H,5-16H2,1-4H3,(H,40,41,42)/t18?,19-,20?,21-,22?,23?,24?,25-,26?,27-,28?,29?,30?,31?,32-,33-/m1/s1. The molecule has 0 radical (unpaired) electrons. The van der Waals surface area contributed by atoms with Crippen LogP contribution in [-0.2, 0) is 24.1 Å². The minimum atomic E-state index is -4.63. The van der Waals surface area contributed by atoms with Crippen molar-refractivity contribution in [2.45, 2.75) is 141 Å². The van der Waals surface area contributed by atoms with Gasteiger partial charge in [0.1, 0.15) is 24.4 Å². The summed E-state index contributed by atoms with van der Waals surface area (Å²) >= 11 is 0. The summed E-state index contributed by atoms with van der Waals surface area (Å²) < 4.78 is 50.0. The summed E-state index contributed by atoms with van der Waals surface area (Å²) in [6.07, 6.45) is -1.76. The van der Waals surface area contributed by atoms with Gasteiger partial charge in [-0.2, -0.15) is 8.42 Å². The quantitative estimate of drug-likeness (QED) is 0.124. The van der Waals surface area contributed by atoms with Crippen LogP contribution in [0.5, 0.6) is 0 Å². The van der Waals surface area contributed by atoms with Gasteiger partial charge in [0.05, 0.1) is 24.9 Å². The number of aliphatic hydroxyl groups excluding tert-OH is 6. The largest absolute Gasteiger partial charge is 0.397 e. The zero-order valence-electron chi connectivity index (χ0n) is 27.7. The Bertz CT molecular complexity index is 1140. The fourth-order valence-corrected chi connectivity index (χ4v) is 11.5. The molecular weight excluding hydrogens is 620 g/mol. The molecule has 13 heteroatoms. The van der Waals surface area contributed by atoms with Gasteiger partial charge in [0.2, 0.25) is 0 Å². The molecule has 0 bridgehead atoms. The second-order valence-corrected chi connectivity index (χ2v) is 17.1. The SMILES string of the molecule is CC(C)CCCC(CO)[C@H]1CCC2C3C[C@@H](O)C4C[C@H](OS(=O)(=O)O)CC[C@]4(C)C3C[C@@H](OC3OC(CO)C(O)C(O)C3O)[C@@]21C. The highest BCUT2D eigenvalue weighted by Crippen LogP contribution is 2.69. The molecular formula is C33H58O12S. The van der Waals surface area contributed by atoms with Crippen LogP contribution in [0.15, 0.2) is 0 Å². The lowest BCUT2D eigenvalue weighted by Crippen LogP contribution is -2.64. The van der Waals surface area contributed by atoms with E-state index in [1.807, 2.05) is 0 Å². The Labute approximate surface area is 273 Å². The van der Waals surface area contributed by atoms with E-state index in [9.17, 15) is 43.6 Å². The van der Waals surface area contributed by atoms with Crippen LogP contribution in [0.4, 0.5) is 0 Å². The number of hydrogen-bond acceptors (Lipinski definition) is 11. The Kier molecular flexibility index (Phi) is 11.2. The zero-order chi connectivity index (χ0) is 33.8. The molecule has 0 aromatic heterocycles. The van der Waals surface area contributed by atoms with Gasteiger partial charge in [0.25, 0.3) is 0 Å². The van der Waals surface area contributed by atoms with Crippen molar-refractivity contribution in [3.8, 4) is 0 Å². The molecule has 0 aromatic rings. The average Bonchev–Trinajstić information content (AvgIpc) is 3.34. The third kappa shape index (κ3) is 6.82. The lowest BCUT2D eigenvalue weighted by molar-refractivity contribution is -0.333. The molecule has 0 amide bonds. The third-order valence-electron chi connectivity index (χ3n) is 13.3. The lowest BCUT2D eigenvalue weighted by Gasteiger charge is -2.64. The molecule has 1 heterocycles. The summed E-state index contributed by atoms with van der Waals surface area (Å²) in [5.74, 6) is 0.791. The highest BCUT2D eigenvalue weighted by atomic mass is 32.3. The molecule has 0 aromatic carbocycles. The van der Waals surface area contributed by atoms with Gasteiger partial charge in [-0.25, -0.2) is 4.18 Å². The van der Waals surface area contributed by atoms with E-state index in [2.05, 4.69) is 27.7 Å². The summed E-state index contributed by atoms with van der Waals surface area (Å²) in [6, 6.07) is 0.